The van der Waals surface area contributed by atoms with Crippen molar-refractivity contribution in [1.82, 2.24) is 9.38 Å². The number of alkyl halides is 3. The lowest BCUT2D eigenvalue weighted by Gasteiger charge is -2.16. The Bertz CT molecular complexity index is 1600. The van der Waals surface area contributed by atoms with E-state index in [0.29, 0.717) is 50.5 Å². The summed E-state index contributed by atoms with van der Waals surface area (Å²) in [5, 5.41) is 20.9. The number of imidazole rings is 1. The Balaban J connectivity index is 1.61. The number of hydrogen-bond acceptors (Lipinski definition) is 4. The standard InChI is InChI=1S/C27H19F4N3O2/c1-14(12-32)24-20-5-3-16(9-17(20)13-36-22-11-19(28)4-6-21(22)24)26(35)25-15(2)33-23-10-18(27(29,30)31)7-8-34(23)25/h3-11,26,35H,13H2,1-2H3/b24-14-. The molecule has 0 amide bonds. The minimum Gasteiger partial charge on any atom is -0.488 e. The molecule has 0 radical (unpaired) electrons. The zero-order chi connectivity index (χ0) is 25.8. The molecule has 1 aliphatic heterocycles. The van der Waals surface area contributed by atoms with Gasteiger partial charge in [0.25, 0.3) is 0 Å². The van der Waals surface area contributed by atoms with Crippen LogP contribution in [0.3, 0.4) is 0 Å². The number of allylic oxidation sites excluding steroid dienone is 1. The molecule has 182 valence electrons. The highest BCUT2D eigenvalue weighted by molar-refractivity contribution is 5.88. The fourth-order valence-electron chi connectivity index (χ4n) is 4.57. The van der Waals surface area contributed by atoms with Crippen molar-refractivity contribution in [2.45, 2.75) is 32.7 Å². The van der Waals surface area contributed by atoms with Gasteiger partial charge in [-0.15, -0.1) is 0 Å². The number of benzene rings is 2. The van der Waals surface area contributed by atoms with Gasteiger partial charge in [-0.3, -0.25) is 0 Å². The molecule has 3 heterocycles. The molecule has 0 bridgehead atoms. The first kappa shape index (κ1) is 23.6. The number of rotatable bonds is 2. The maximum absolute atomic E-state index is 13.9. The van der Waals surface area contributed by atoms with Gasteiger partial charge in [-0.25, -0.2) is 9.37 Å². The largest absolute Gasteiger partial charge is 0.488 e. The van der Waals surface area contributed by atoms with Crippen LogP contribution in [0, 0.1) is 24.1 Å². The van der Waals surface area contributed by atoms with E-state index >= 15 is 0 Å². The Morgan fingerprint density at radius 1 is 1.14 bits per heavy atom. The van der Waals surface area contributed by atoms with Crippen LogP contribution in [0.15, 0.2) is 60.3 Å². The van der Waals surface area contributed by atoms with Crippen LogP contribution in [0.2, 0.25) is 0 Å². The van der Waals surface area contributed by atoms with Crippen LogP contribution in [0.25, 0.3) is 11.2 Å². The number of aromatic nitrogens is 2. The summed E-state index contributed by atoms with van der Waals surface area (Å²) >= 11 is 0. The van der Waals surface area contributed by atoms with Gasteiger partial charge in [0.05, 0.1) is 23.0 Å². The number of fused-ring (bicyclic) bond motifs is 3. The topological polar surface area (TPSA) is 70.5 Å². The highest BCUT2D eigenvalue weighted by Crippen LogP contribution is 2.40. The molecule has 1 aliphatic rings. The quantitative estimate of drug-likeness (QED) is 0.270. The lowest BCUT2D eigenvalue weighted by molar-refractivity contribution is -0.137. The number of hydrogen-bond donors (Lipinski definition) is 1. The third-order valence-electron chi connectivity index (χ3n) is 6.29. The summed E-state index contributed by atoms with van der Waals surface area (Å²) in [5.41, 5.74) is 3.41. The third-order valence-corrected chi connectivity index (χ3v) is 6.29. The van der Waals surface area contributed by atoms with Gasteiger partial charge >= 0.3 is 6.18 Å². The van der Waals surface area contributed by atoms with Crippen LogP contribution in [-0.4, -0.2) is 14.5 Å². The Kier molecular flexibility index (Phi) is 5.57. The van der Waals surface area contributed by atoms with Crippen LogP contribution in [0.1, 0.15) is 52.2 Å². The van der Waals surface area contributed by atoms with E-state index in [2.05, 4.69) is 11.1 Å². The lowest BCUT2D eigenvalue weighted by atomic mass is 9.89. The number of pyridine rings is 1. The van der Waals surface area contributed by atoms with Crippen LogP contribution in [-0.2, 0) is 12.8 Å². The molecule has 4 aromatic rings. The molecule has 9 heteroatoms. The third kappa shape index (κ3) is 3.89. The average Bonchev–Trinajstić information content (AvgIpc) is 3.08. The minimum atomic E-state index is -4.51. The molecule has 0 spiro atoms. The van der Waals surface area contributed by atoms with Gasteiger partial charge in [0.2, 0.25) is 0 Å². The molecule has 0 fully saturated rings. The second-order valence-corrected chi connectivity index (χ2v) is 8.58. The highest BCUT2D eigenvalue weighted by Gasteiger charge is 2.32. The Morgan fingerprint density at radius 2 is 1.89 bits per heavy atom. The second-order valence-electron chi connectivity index (χ2n) is 8.58. The van der Waals surface area contributed by atoms with E-state index in [1.165, 1.54) is 22.7 Å². The summed E-state index contributed by atoms with van der Waals surface area (Å²) in [6, 6.07) is 13.3. The van der Waals surface area contributed by atoms with E-state index in [0.717, 1.165) is 12.1 Å². The SMILES string of the molecule is C/C(C#N)=C1\c2ccc(C(O)c3c(C)nc4cc(C(F)(F)F)ccn34)cc2COc2cc(F)ccc21. The van der Waals surface area contributed by atoms with Crippen molar-refractivity contribution in [3.8, 4) is 11.8 Å². The molecule has 0 saturated heterocycles. The first-order chi connectivity index (χ1) is 17.1. The molecule has 2 aromatic carbocycles. The van der Waals surface area contributed by atoms with Crippen molar-refractivity contribution in [1.29, 1.82) is 5.26 Å². The number of nitriles is 1. The number of nitrogens with zero attached hydrogens (tertiary/aromatic N) is 3. The first-order valence-electron chi connectivity index (χ1n) is 11.0. The van der Waals surface area contributed by atoms with Crippen molar-refractivity contribution in [2.75, 3.05) is 0 Å². The summed E-state index contributed by atoms with van der Waals surface area (Å²) in [5.74, 6) is -0.169. The van der Waals surface area contributed by atoms with Crippen molar-refractivity contribution < 1.29 is 27.4 Å². The van der Waals surface area contributed by atoms with Gasteiger partial charge in [-0.2, -0.15) is 18.4 Å². The smallest absolute Gasteiger partial charge is 0.416 e. The zero-order valence-corrected chi connectivity index (χ0v) is 19.2. The van der Waals surface area contributed by atoms with Gasteiger partial charge in [0.1, 0.15) is 29.9 Å². The predicted octanol–water partition coefficient (Wildman–Crippen LogP) is 6.12. The summed E-state index contributed by atoms with van der Waals surface area (Å²) < 4.78 is 60.6. The van der Waals surface area contributed by atoms with E-state index in [9.17, 15) is 27.9 Å². The monoisotopic (exact) mass is 493 g/mol. The molecule has 36 heavy (non-hydrogen) atoms. The molecular formula is C27H19F4N3O2. The van der Waals surface area contributed by atoms with E-state index in [1.807, 2.05) is 0 Å². The molecule has 1 unspecified atom stereocenters. The molecule has 5 nitrogen and oxygen atoms in total. The molecule has 2 aromatic heterocycles. The van der Waals surface area contributed by atoms with Crippen molar-refractivity contribution >= 4 is 11.2 Å². The molecule has 1 N–H and O–H groups in total. The molecule has 5 rings (SSSR count). The van der Waals surface area contributed by atoms with Gasteiger partial charge in [0.15, 0.2) is 0 Å². The molecule has 0 aliphatic carbocycles. The summed E-state index contributed by atoms with van der Waals surface area (Å²) in [7, 11) is 0. The van der Waals surface area contributed by atoms with Crippen LogP contribution in [0.4, 0.5) is 17.6 Å². The van der Waals surface area contributed by atoms with Crippen molar-refractivity contribution in [3.63, 3.8) is 0 Å². The fraction of sp³-hybridized carbons (Fsp3) is 0.185. The highest BCUT2D eigenvalue weighted by atomic mass is 19.4. The van der Waals surface area contributed by atoms with Gasteiger partial charge < -0.3 is 14.2 Å². The Labute approximate surface area is 203 Å². The van der Waals surface area contributed by atoms with Gasteiger partial charge in [0, 0.05) is 29.0 Å². The van der Waals surface area contributed by atoms with Gasteiger partial charge in [-0.05, 0) is 60.9 Å². The maximum Gasteiger partial charge on any atom is 0.416 e. The molecular weight excluding hydrogens is 474 g/mol. The Hall–Kier alpha value is -4.16. The van der Waals surface area contributed by atoms with E-state index in [1.54, 1.807) is 38.1 Å². The van der Waals surface area contributed by atoms with Crippen LogP contribution >= 0.6 is 0 Å². The second kappa shape index (κ2) is 8.50. The lowest BCUT2D eigenvalue weighted by Crippen LogP contribution is -2.09. The van der Waals surface area contributed by atoms with Gasteiger partial charge in [-0.1, -0.05) is 12.1 Å². The summed E-state index contributed by atoms with van der Waals surface area (Å²) in [6.45, 7) is 3.35. The predicted molar refractivity (Wildman–Crippen MR) is 123 cm³/mol. The average molecular weight is 493 g/mol. The summed E-state index contributed by atoms with van der Waals surface area (Å²) in [4.78, 5) is 4.22. The summed E-state index contributed by atoms with van der Waals surface area (Å²) in [6.07, 6.45) is -4.47. The first-order valence-corrected chi connectivity index (χ1v) is 11.0. The number of aliphatic hydroxyl groups excluding tert-OH is 1. The van der Waals surface area contributed by atoms with E-state index < -0.39 is 23.7 Å². The zero-order valence-electron chi connectivity index (χ0n) is 19.2. The van der Waals surface area contributed by atoms with Crippen LogP contribution < -0.4 is 4.74 Å². The van der Waals surface area contributed by atoms with Crippen molar-refractivity contribution in [2.24, 2.45) is 0 Å². The number of halogens is 4. The number of aliphatic hydroxyl groups is 1. The van der Waals surface area contributed by atoms with E-state index in [-0.39, 0.29) is 12.3 Å². The minimum absolute atomic E-state index is 0.0651. The van der Waals surface area contributed by atoms with E-state index in [4.69, 9.17) is 4.74 Å². The molecule has 0 saturated carbocycles. The maximum atomic E-state index is 13.9. The van der Waals surface area contributed by atoms with Crippen molar-refractivity contribution in [3.05, 3.63) is 105 Å². The fourth-order valence-corrected chi connectivity index (χ4v) is 4.57. The number of ether oxygens (including phenoxy) is 1. The molecule has 1 atom stereocenters. The van der Waals surface area contributed by atoms with Crippen LogP contribution in [0.5, 0.6) is 5.75 Å². The number of aryl methyl sites for hydroxylation is 1. The Morgan fingerprint density at radius 3 is 2.61 bits per heavy atom. The normalized spacial score (nSPS) is 15.4.